The van der Waals surface area contributed by atoms with Crippen molar-refractivity contribution in [2.45, 2.75) is 26.8 Å². The second-order valence-electron chi connectivity index (χ2n) is 4.61. The molecule has 4 N–H and O–H groups in total. The van der Waals surface area contributed by atoms with Crippen LogP contribution in [0.5, 0.6) is 5.75 Å². The van der Waals surface area contributed by atoms with Crippen molar-refractivity contribution < 1.29 is 5.11 Å². The number of aromatic hydroxyl groups is 1. The number of nitrogens with two attached hydrogens (primary N) is 1. The molecule has 1 aromatic heterocycles. The molecular weight excluding hydrogens is 200 g/mol. The molecule has 0 spiro atoms. The van der Waals surface area contributed by atoms with E-state index in [4.69, 9.17) is 5.73 Å². The minimum absolute atomic E-state index is 0.289. The van der Waals surface area contributed by atoms with Crippen LogP contribution in [0, 0.1) is 5.92 Å². The second kappa shape index (κ2) is 4.18. The average molecular weight is 218 g/mol. The van der Waals surface area contributed by atoms with Gasteiger partial charge in [-0.15, -0.1) is 0 Å². The van der Waals surface area contributed by atoms with Crippen molar-refractivity contribution in [3.05, 3.63) is 29.5 Å². The molecule has 16 heavy (non-hydrogen) atoms. The maximum atomic E-state index is 9.49. The Balaban J connectivity index is 2.57. The summed E-state index contributed by atoms with van der Waals surface area (Å²) < 4.78 is 0. The molecule has 0 unspecified atom stereocenters. The third-order valence-electron chi connectivity index (χ3n) is 2.79. The van der Waals surface area contributed by atoms with Gasteiger partial charge in [0.05, 0.1) is 0 Å². The standard InChI is InChI=1S/C13H18N2O/c1-8(2)5-13-11(7-14)10-6-9(16)3-4-12(10)15-13/h3-4,6,8,15-16H,5,7,14H2,1-2H3. The number of hydrogen-bond acceptors (Lipinski definition) is 2. The molecule has 0 aliphatic heterocycles. The average Bonchev–Trinajstić information content (AvgIpc) is 2.53. The Morgan fingerprint density at radius 2 is 2.12 bits per heavy atom. The van der Waals surface area contributed by atoms with E-state index in [2.05, 4.69) is 18.8 Å². The minimum atomic E-state index is 0.289. The Labute approximate surface area is 95.3 Å². The number of H-pyrrole nitrogens is 1. The van der Waals surface area contributed by atoms with E-state index in [0.717, 1.165) is 22.9 Å². The predicted octanol–water partition coefficient (Wildman–Crippen LogP) is 2.53. The molecule has 3 nitrogen and oxygen atoms in total. The smallest absolute Gasteiger partial charge is 0.116 e. The highest BCUT2D eigenvalue weighted by Crippen LogP contribution is 2.27. The zero-order valence-electron chi connectivity index (χ0n) is 9.75. The summed E-state index contributed by atoms with van der Waals surface area (Å²) in [7, 11) is 0. The summed E-state index contributed by atoms with van der Waals surface area (Å²) in [4.78, 5) is 3.38. The van der Waals surface area contributed by atoms with E-state index in [1.54, 1.807) is 12.1 Å². The van der Waals surface area contributed by atoms with Crippen LogP contribution in [0.3, 0.4) is 0 Å². The molecule has 1 heterocycles. The fraction of sp³-hybridized carbons (Fsp3) is 0.385. The molecule has 0 radical (unpaired) electrons. The van der Waals surface area contributed by atoms with Crippen molar-refractivity contribution in [1.82, 2.24) is 4.98 Å². The molecular formula is C13H18N2O. The number of aromatic nitrogens is 1. The molecule has 0 saturated carbocycles. The van der Waals surface area contributed by atoms with Gasteiger partial charge in [-0.05, 0) is 36.1 Å². The first-order chi connectivity index (χ1) is 7.61. The SMILES string of the molecule is CC(C)Cc1[nH]c2ccc(O)cc2c1CN. The Morgan fingerprint density at radius 3 is 2.75 bits per heavy atom. The van der Waals surface area contributed by atoms with E-state index in [-0.39, 0.29) is 5.75 Å². The van der Waals surface area contributed by atoms with Crippen LogP contribution in [0.4, 0.5) is 0 Å². The van der Waals surface area contributed by atoms with Gasteiger partial charge < -0.3 is 15.8 Å². The van der Waals surface area contributed by atoms with Crippen LogP contribution in [0.15, 0.2) is 18.2 Å². The maximum Gasteiger partial charge on any atom is 0.116 e. The lowest BCUT2D eigenvalue weighted by Gasteiger charge is -2.04. The van der Waals surface area contributed by atoms with Gasteiger partial charge in [-0.2, -0.15) is 0 Å². The van der Waals surface area contributed by atoms with Gasteiger partial charge in [0.15, 0.2) is 0 Å². The largest absolute Gasteiger partial charge is 0.508 e. The predicted molar refractivity (Wildman–Crippen MR) is 66.4 cm³/mol. The molecule has 0 saturated heterocycles. The zero-order chi connectivity index (χ0) is 11.7. The van der Waals surface area contributed by atoms with Crippen molar-refractivity contribution in [3.8, 4) is 5.75 Å². The second-order valence-corrected chi connectivity index (χ2v) is 4.61. The van der Waals surface area contributed by atoms with E-state index < -0.39 is 0 Å². The summed E-state index contributed by atoms with van der Waals surface area (Å²) in [6.07, 6.45) is 0.988. The Kier molecular flexibility index (Phi) is 2.88. The van der Waals surface area contributed by atoms with Crippen molar-refractivity contribution in [3.63, 3.8) is 0 Å². The first-order valence-electron chi connectivity index (χ1n) is 5.64. The number of nitrogens with one attached hydrogen (secondary N) is 1. The van der Waals surface area contributed by atoms with Gasteiger partial charge in [0, 0.05) is 23.1 Å². The molecule has 0 aliphatic carbocycles. The van der Waals surface area contributed by atoms with Gasteiger partial charge in [0.1, 0.15) is 5.75 Å². The minimum Gasteiger partial charge on any atom is -0.508 e. The van der Waals surface area contributed by atoms with Crippen LogP contribution in [-0.4, -0.2) is 10.1 Å². The van der Waals surface area contributed by atoms with E-state index >= 15 is 0 Å². The van der Waals surface area contributed by atoms with Gasteiger partial charge in [0.2, 0.25) is 0 Å². The Bertz CT molecular complexity index is 500. The Hall–Kier alpha value is -1.48. The summed E-state index contributed by atoms with van der Waals surface area (Å²) in [5.74, 6) is 0.879. The molecule has 0 amide bonds. The third-order valence-corrected chi connectivity index (χ3v) is 2.79. The molecule has 86 valence electrons. The summed E-state index contributed by atoms with van der Waals surface area (Å²) >= 11 is 0. The zero-order valence-corrected chi connectivity index (χ0v) is 9.75. The van der Waals surface area contributed by atoms with Gasteiger partial charge in [-0.25, -0.2) is 0 Å². The van der Waals surface area contributed by atoms with E-state index in [1.165, 1.54) is 5.69 Å². The maximum absolute atomic E-state index is 9.49. The summed E-state index contributed by atoms with van der Waals surface area (Å²) in [6.45, 7) is 4.87. The van der Waals surface area contributed by atoms with Crippen molar-refractivity contribution in [2.75, 3.05) is 0 Å². The molecule has 3 heteroatoms. The number of benzene rings is 1. The van der Waals surface area contributed by atoms with Gasteiger partial charge in [-0.1, -0.05) is 13.8 Å². The number of hydrogen-bond donors (Lipinski definition) is 3. The summed E-state index contributed by atoms with van der Waals surface area (Å²) in [5, 5.41) is 10.5. The lowest BCUT2D eigenvalue weighted by Crippen LogP contribution is -2.02. The molecule has 2 aromatic rings. The summed E-state index contributed by atoms with van der Waals surface area (Å²) in [5.41, 5.74) is 9.15. The van der Waals surface area contributed by atoms with Crippen LogP contribution in [-0.2, 0) is 13.0 Å². The highest BCUT2D eigenvalue weighted by atomic mass is 16.3. The normalized spacial score (nSPS) is 11.5. The number of phenolic OH excluding ortho intramolecular Hbond substituents is 1. The van der Waals surface area contributed by atoms with Crippen LogP contribution >= 0.6 is 0 Å². The van der Waals surface area contributed by atoms with E-state index in [9.17, 15) is 5.11 Å². The highest BCUT2D eigenvalue weighted by molar-refractivity contribution is 5.86. The van der Waals surface area contributed by atoms with Gasteiger partial charge in [-0.3, -0.25) is 0 Å². The third kappa shape index (κ3) is 1.91. The summed E-state index contributed by atoms with van der Waals surface area (Å²) in [6, 6.07) is 5.36. The molecule has 0 bridgehead atoms. The van der Waals surface area contributed by atoms with Crippen LogP contribution in [0.1, 0.15) is 25.1 Å². The quantitative estimate of drug-likeness (QED) is 0.741. The lowest BCUT2D eigenvalue weighted by molar-refractivity contribution is 0.476. The van der Waals surface area contributed by atoms with Crippen LogP contribution in [0.25, 0.3) is 10.9 Å². The number of aromatic amines is 1. The molecule has 0 aliphatic rings. The van der Waals surface area contributed by atoms with Crippen LogP contribution < -0.4 is 5.73 Å². The number of fused-ring (bicyclic) bond motifs is 1. The fourth-order valence-electron chi connectivity index (χ4n) is 2.11. The first-order valence-corrected chi connectivity index (χ1v) is 5.64. The van der Waals surface area contributed by atoms with Gasteiger partial charge >= 0.3 is 0 Å². The number of rotatable bonds is 3. The molecule has 2 rings (SSSR count). The molecule has 0 fully saturated rings. The molecule has 0 atom stereocenters. The monoisotopic (exact) mass is 218 g/mol. The van der Waals surface area contributed by atoms with Crippen molar-refractivity contribution >= 4 is 10.9 Å². The van der Waals surface area contributed by atoms with E-state index in [0.29, 0.717) is 12.5 Å². The fourth-order valence-corrected chi connectivity index (χ4v) is 2.11. The van der Waals surface area contributed by atoms with Crippen molar-refractivity contribution in [2.24, 2.45) is 11.7 Å². The topological polar surface area (TPSA) is 62.0 Å². The van der Waals surface area contributed by atoms with Crippen LogP contribution in [0.2, 0.25) is 0 Å². The highest BCUT2D eigenvalue weighted by Gasteiger charge is 2.11. The lowest BCUT2D eigenvalue weighted by atomic mass is 10.0. The van der Waals surface area contributed by atoms with Gasteiger partial charge in [0.25, 0.3) is 0 Å². The first kappa shape index (κ1) is 11.0. The number of phenols is 1. The molecule has 1 aromatic carbocycles. The van der Waals surface area contributed by atoms with E-state index in [1.807, 2.05) is 6.07 Å². The Morgan fingerprint density at radius 1 is 1.38 bits per heavy atom. The van der Waals surface area contributed by atoms with Crippen molar-refractivity contribution in [1.29, 1.82) is 0 Å².